The molecule has 2 aromatic rings. The molecule has 1 aromatic carbocycles. The molecule has 29 heavy (non-hydrogen) atoms. The fourth-order valence-electron chi connectivity index (χ4n) is 3.50. The minimum atomic E-state index is -0.198. The Labute approximate surface area is 176 Å². The van der Waals surface area contributed by atoms with Crippen LogP contribution >= 0.6 is 11.6 Å². The maximum Gasteiger partial charge on any atom is 0.241 e. The molecule has 7 nitrogen and oxygen atoms in total. The number of nitrogens with one attached hydrogen (secondary N) is 1. The van der Waals surface area contributed by atoms with Crippen molar-refractivity contribution >= 4 is 29.4 Å². The van der Waals surface area contributed by atoms with Crippen molar-refractivity contribution in [3.8, 4) is 11.1 Å². The van der Waals surface area contributed by atoms with Crippen LogP contribution in [0.4, 0.5) is 5.95 Å². The summed E-state index contributed by atoms with van der Waals surface area (Å²) < 4.78 is 0. The van der Waals surface area contributed by atoms with Crippen LogP contribution in [0, 0.1) is 0 Å². The van der Waals surface area contributed by atoms with Gasteiger partial charge in [-0.05, 0) is 30.5 Å². The molecule has 0 radical (unpaired) electrons. The number of hydrogen-bond acceptors (Lipinski definition) is 5. The van der Waals surface area contributed by atoms with Crippen molar-refractivity contribution in [3.63, 3.8) is 0 Å². The van der Waals surface area contributed by atoms with Gasteiger partial charge in [-0.25, -0.2) is 9.97 Å². The number of anilines is 1. The molecule has 154 valence electrons. The van der Waals surface area contributed by atoms with E-state index in [-0.39, 0.29) is 24.3 Å². The molecule has 0 spiro atoms. The van der Waals surface area contributed by atoms with E-state index >= 15 is 0 Å². The molecule has 0 atom stereocenters. The number of likely N-dealkylation sites (tertiary alicyclic amines) is 1. The number of hydrogen-bond donors (Lipinski definition) is 1. The molecule has 1 fully saturated rings. The molecule has 1 aliphatic heterocycles. The zero-order valence-corrected chi connectivity index (χ0v) is 17.7. The molecule has 1 aliphatic rings. The summed E-state index contributed by atoms with van der Waals surface area (Å²) >= 11 is 6.20. The Morgan fingerprint density at radius 2 is 2.00 bits per heavy atom. The third-order valence-electron chi connectivity index (χ3n) is 5.06. The third kappa shape index (κ3) is 5.23. The summed E-state index contributed by atoms with van der Waals surface area (Å²) in [5.41, 5.74) is 2.95. The Morgan fingerprint density at radius 1 is 1.28 bits per heavy atom. The Balaban J connectivity index is 1.81. The van der Waals surface area contributed by atoms with E-state index in [1.54, 1.807) is 4.90 Å². The average Bonchev–Trinajstić information content (AvgIpc) is 2.71. The summed E-state index contributed by atoms with van der Waals surface area (Å²) in [5, 5.41) is 3.24. The van der Waals surface area contributed by atoms with Crippen LogP contribution in [0.1, 0.15) is 31.4 Å². The van der Waals surface area contributed by atoms with Crippen molar-refractivity contribution in [3.05, 3.63) is 41.2 Å². The van der Waals surface area contributed by atoms with Gasteiger partial charge < -0.3 is 15.1 Å². The summed E-state index contributed by atoms with van der Waals surface area (Å²) in [6.07, 6.45) is 3.48. The van der Waals surface area contributed by atoms with E-state index in [4.69, 9.17) is 16.6 Å². The largest absolute Gasteiger partial charge is 0.347 e. The number of carbonyl (C=O) groups excluding carboxylic acids is 2. The Bertz CT molecular complexity index is 894. The van der Waals surface area contributed by atoms with Crippen LogP contribution in [0.3, 0.4) is 0 Å². The van der Waals surface area contributed by atoms with Crippen molar-refractivity contribution in [2.75, 3.05) is 38.6 Å². The van der Waals surface area contributed by atoms with Crippen LogP contribution in [0.25, 0.3) is 11.1 Å². The maximum absolute atomic E-state index is 12.3. The number of carbonyl (C=O) groups is 2. The first-order valence-electron chi connectivity index (χ1n) is 9.67. The van der Waals surface area contributed by atoms with Crippen LogP contribution in [0.2, 0.25) is 5.02 Å². The lowest BCUT2D eigenvalue weighted by Gasteiger charge is -2.32. The fourth-order valence-corrected chi connectivity index (χ4v) is 3.69. The summed E-state index contributed by atoms with van der Waals surface area (Å²) in [6, 6.07) is 7.70. The van der Waals surface area contributed by atoms with Crippen LogP contribution in [-0.2, 0) is 9.59 Å². The zero-order chi connectivity index (χ0) is 21.0. The highest BCUT2D eigenvalue weighted by molar-refractivity contribution is 6.30. The standard InChI is InChI=1S/C21H26ClN5O2/c1-14(28)23-13-19(29)27-9-7-15(8-10-27)20-18(12-24-21(25-20)26(2)3)16-5-4-6-17(22)11-16/h4-6,11-12,15H,7-10,13H2,1-3H3,(H,23,28). The highest BCUT2D eigenvalue weighted by atomic mass is 35.5. The number of aromatic nitrogens is 2. The first-order chi connectivity index (χ1) is 13.8. The smallest absolute Gasteiger partial charge is 0.241 e. The first kappa shape index (κ1) is 21.0. The van der Waals surface area contributed by atoms with E-state index in [1.807, 2.05) is 49.5 Å². The summed E-state index contributed by atoms with van der Waals surface area (Å²) in [6.45, 7) is 2.74. The zero-order valence-electron chi connectivity index (χ0n) is 17.0. The number of rotatable bonds is 5. The van der Waals surface area contributed by atoms with Gasteiger partial charge in [0.2, 0.25) is 17.8 Å². The van der Waals surface area contributed by atoms with E-state index < -0.39 is 0 Å². The quantitative estimate of drug-likeness (QED) is 0.812. The molecule has 0 saturated carbocycles. The molecular formula is C21H26ClN5O2. The van der Waals surface area contributed by atoms with Gasteiger partial charge in [0.25, 0.3) is 0 Å². The minimum Gasteiger partial charge on any atom is -0.347 e. The van der Waals surface area contributed by atoms with Crippen LogP contribution < -0.4 is 10.2 Å². The highest BCUT2D eigenvalue weighted by Crippen LogP contribution is 2.35. The van der Waals surface area contributed by atoms with Gasteiger partial charge in [0.1, 0.15) is 0 Å². The predicted molar refractivity (Wildman–Crippen MR) is 114 cm³/mol. The number of piperidine rings is 1. The van der Waals surface area contributed by atoms with Gasteiger partial charge in [-0.2, -0.15) is 0 Å². The highest BCUT2D eigenvalue weighted by Gasteiger charge is 2.27. The van der Waals surface area contributed by atoms with Gasteiger partial charge in [-0.15, -0.1) is 0 Å². The molecule has 8 heteroatoms. The molecule has 2 amide bonds. The lowest BCUT2D eigenvalue weighted by atomic mass is 9.89. The van der Waals surface area contributed by atoms with Gasteiger partial charge in [0, 0.05) is 56.8 Å². The molecule has 1 saturated heterocycles. The molecular weight excluding hydrogens is 390 g/mol. The second kappa shape index (κ2) is 9.22. The number of halogens is 1. The number of amides is 2. The van der Waals surface area contributed by atoms with Gasteiger partial charge in [-0.3, -0.25) is 9.59 Å². The van der Waals surface area contributed by atoms with Crippen LogP contribution in [-0.4, -0.2) is 60.4 Å². The lowest BCUT2D eigenvalue weighted by molar-refractivity contribution is -0.133. The molecule has 1 N–H and O–H groups in total. The average molecular weight is 416 g/mol. The minimum absolute atomic E-state index is 0.0477. The van der Waals surface area contributed by atoms with E-state index in [1.165, 1.54) is 6.92 Å². The maximum atomic E-state index is 12.3. The van der Waals surface area contributed by atoms with E-state index in [2.05, 4.69) is 10.3 Å². The van der Waals surface area contributed by atoms with Crippen molar-refractivity contribution in [2.45, 2.75) is 25.7 Å². The monoisotopic (exact) mass is 415 g/mol. The predicted octanol–water partition coefficient (Wildman–Crippen LogP) is 2.71. The molecule has 3 rings (SSSR count). The Morgan fingerprint density at radius 3 is 2.62 bits per heavy atom. The van der Waals surface area contributed by atoms with E-state index in [0.29, 0.717) is 24.1 Å². The van der Waals surface area contributed by atoms with Crippen molar-refractivity contribution in [1.82, 2.24) is 20.2 Å². The lowest BCUT2D eigenvalue weighted by Crippen LogP contribution is -2.43. The fraction of sp³-hybridized carbons (Fsp3) is 0.429. The van der Waals surface area contributed by atoms with Gasteiger partial charge in [0.05, 0.1) is 12.2 Å². The summed E-state index contributed by atoms with van der Waals surface area (Å²) in [5.74, 6) is 0.632. The Hall–Kier alpha value is -2.67. The Kier molecular flexibility index (Phi) is 6.69. The van der Waals surface area contributed by atoms with Gasteiger partial charge in [0.15, 0.2) is 0 Å². The molecule has 1 aromatic heterocycles. The van der Waals surface area contributed by atoms with Crippen molar-refractivity contribution in [2.24, 2.45) is 0 Å². The summed E-state index contributed by atoms with van der Waals surface area (Å²) in [4.78, 5) is 36.3. The normalized spacial score (nSPS) is 14.6. The molecule has 0 bridgehead atoms. The first-order valence-corrected chi connectivity index (χ1v) is 10.1. The topological polar surface area (TPSA) is 78.4 Å². The number of nitrogens with zero attached hydrogens (tertiary/aromatic N) is 4. The molecule has 0 aliphatic carbocycles. The second-order valence-corrected chi connectivity index (χ2v) is 7.87. The van der Waals surface area contributed by atoms with Crippen LogP contribution in [0.5, 0.6) is 0 Å². The van der Waals surface area contributed by atoms with Gasteiger partial charge in [-0.1, -0.05) is 23.7 Å². The van der Waals surface area contributed by atoms with Crippen molar-refractivity contribution in [1.29, 1.82) is 0 Å². The van der Waals surface area contributed by atoms with E-state index in [0.717, 1.165) is 29.7 Å². The second-order valence-electron chi connectivity index (χ2n) is 7.44. The molecule has 2 heterocycles. The summed E-state index contributed by atoms with van der Waals surface area (Å²) in [7, 11) is 3.84. The third-order valence-corrected chi connectivity index (χ3v) is 5.30. The SMILES string of the molecule is CC(=O)NCC(=O)N1CCC(c2nc(N(C)C)ncc2-c2cccc(Cl)c2)CC1. The number of benzene rings is 1. The van der Waals surface area contributed by atoms with Gasteiger partial charge >= 0.3 is 0 Å². The van der Waals surface area contributed by atoms with Crippen LogP contribution in [0.15, 0.2) is 30.5 Å². The molecule has 0 unspecified atom stereocenters. The van der Waals surface area contributed by atoms with Crippen molar-refractivity contribution < 1.29 is 9.59 Å². The van der Waals surface area contributed by atoms with E-state index in [9.17, 15) is 9.59 Å².